The first-order chi connectivity index (χ1) is 9.76. The van der Waals surface area contributed by atoms with Gasteiger partial charge in [-0.1, -0.05) is 6.07 Å². The Morgan fingerprint density at radius 1 is 1.10 bits per heavy atom. The second kappa shape index (κ2) is 6.48. The summed E-state index contributed by atoms with van der Waals surface area (Å²) in [6.07, 6.45) is 0. The molecule has 4 heteroatoms. The lowest BCUT2D eigenvalue weighted by Crippen LogP contribution is -2.02. The van der Waals surface area contributed by atoms with Crippen molar-refractivity contribution >= 4 is 5.69 Å². The largest absolute Gasteiger partial charge is 0.497 e. The average molecular weight is 268 g/mol. The third-order valence-electron chi connectivity index (χ3n) is 2.96. The van der Waals surface area contributed by atoms with Crippen LogP contribution in [0.25, 0.3) is 0 Å². The molecular formula is C16H16N2O2. The van der Waals surface area contributed by atoms with E-state index in [4.69, 9.17) is 14.7 Å². The summed E-state index contributed by atoms with van der Waals surface area (Å²) in [5.74, 6) is 1.56. The van der Waals surface area contributed by atoms with Gasteiger partial charge in [-0.3, -0.25) is 0 Å². The second-order valence-electron chi connectivity index (χ2n) is 4.22. The van der Waals surface area contributed by atoms with E-state index in [1.165, 1.54) is 0 Å². The Morgan fingerprint density at radius 3 is 2.65 bits per heavy atom. The Morgan fingerprint density at radius 2 is 1.95 bits per heavy atom. The molecule has 1 N–H and O–H groups in total. The fourth-order valence-corrected chi connectivity index (χ4v) is 1.92. The molecule has 0 aliphatic heterocycles. The maximum Gasteiger partial charge on any atom is 0.123 e. The van der Waals surface area contributed by atoms with Gasteiger partial charge >= 0.3 is 0 Å². The van der Waals surface area contributed by atoms with E-state index < -0.39 is 0 Å². The third kappa shape index (κ3) is 3.21. The number of anilines is 1. The number of hydrogen-bond donors (Lipinski definition) is 1. The first-order valence-corrected chi connectivity index (χ1v) is 6.21. The zero-order valence-corrected chi connectivity index (χ0v) is 11.5. The Labute approximate surface area is 118 Å². The van der Waals surface area contributed by atoms with Gasteiger partial charge in [-0.05, 0) is 30.3 Å². The molecule has 0 saturated heterocycles. The molecule has 0 amide bonds. The molecule has 0 heterocycles. The summed E-state index contributed by atoms with van der Waals surface area (Å²) in [4.78, 5) is 0. The molecule has 0 aromatic heterocycles. The predicted molar refractivity (Wildman–Crippen MR) is 78.0 cm³/mol. The molecule has 2 rings (SSSR count). The number of methoxy groups -OCH3 is 2. The topological polar surface area (TPSA) is 54.3 Å². The Balaban J connectivity index is 2.15. The van der Waals surface area contributed by atoms with E-state index in [1.807, 2.05) is 30.3 Å². The molecule has 102 valence electrons. The van der Waals surface area contributed by atoms with Crippen molar-refractivity contribution < 1.29 is 9.47 Å². The second-order valence-corrected chi connectivity index (χ2v) is 4.22. The minimum absolute atomic E-state index is 0.575. The van der Waals surface area contributed by atoms with Crippen molar-refractivity contribution in [1.29, 1.82) is 5.26 Å². The molecule has 0 radical (unpaired) electrons. The molecule has 0 unspecified atom stereocenters. The van der Waals surface area contributed by atoms with Crippen LogP contribution in [0.15, 0.2) is 42.5 Å². The summed E-state index contributed by atoms with van der Waals surface area (Å²) in [6.45, 7) is 0.575. The molecule has 0 atom stereocenters. The Kier molecular flexibility index (Phi) is 4.46. The van der Waals surface area contributed by atoms with Crippen LogP contribution in [0.5, 0.6) is 11.5 Å². The predicted octanol–water partition coefficient (Wildman–Crippen LogP) is 3.19. The fourth-order valence-electron chi connectivity index (χ4n) is 1.92. The van der Waals surface area contributed by atoms with E-state index in [-0.39, 0.29) is 0 Å². The van der Waals surface area contributed by atoms with Crippen LogP contribution in [0, 0.1) is 11.3 Å². The summed E-state index contributed by atoms with van der Waals surface area (Å²) in [5, 5.41) is 12.2. The maximum atomic E-state index is 8.95. The van der Waals surface area contributed by atoms with Gasteiger partial charge in [0.2, 0.25) is 0 Å². The molecular weight excluding hydrogens is 252 g/mol. The number of rotatable bonds is 5. The first-order valence-electron chi connectivity index (χ1n) is 6.21. The van der Waals surface area contributed by atoms with E-state index in [0.717, 1.165) is 22.7 Å². The third-order valence-corrected chi connectivity index (χ3v) is 2.96. The highest BCUT2D eigenvalue weighted by Gasteiger charge is 2.05. The Hall–Kier alpha value is -2.67. The monoisotopic (exact) mass is 268 g/mol. The van der Waals surface area contributed by atoms with Crippen molar-refractivity contribution in [2.75, 3.05) is 19.5 Å². The molecule has 2 aromatic rings. The van der Waals surface area contributed by atoms with E-state index in [2.05, 4.69) is 11.4 Å². The maximum absolute atomic E-state index is 8.95. The first kappa shape index (κ1) is 13.8. The van der Waals surface area contributed by atoms with Gasteiger partial charge in [-0.15, -0.1) is 0 Å². The number of ether oxygens (including phenoxy) is 2. The highest BCUT2D eigenvalue weighted by atomic mass is 16.5. The van der Waals surface area contributed by atoms with Gasteiger partial charge in [0, 0.05) is 23.9 Å². The van der Waals surface area contributed by atoms with Crippen LogP contribution in [0.1, 0.15) is 11.1 Å². The van der Waals surface area contributed by atoms with Gasteiger partial charge < -0.3 is 14.8 Å². The van der Waals surface area contributed by atoms with Crippen molar-refractivity contribution in [1.82, 2.24) is 0 Å². The SMILES string of the molecule is COc1cccc(NCc2cc(C#N)ccc2OC)c1. The quantitative estimate of drug-likeness (QED) is 0.904. The number of benzene rings is 2. The van der Waals surface area contributed by atoms with Crippen molar-refractivity contribution in [2.24, 2.45) is 0 Å². The van der Waals surface area contributed by atoms with Crippen LogP contribution in [0.2, 0.25) is 0 Å². The summed E-state index contributed by atoms with van der Waals surface area (Å²) in [7, 11) is 3.26. The lowest BCUT2D eigenvalue weighted by atomic mass is 10.1. The molecule has 2 aromatic carbocycles. The lowest BCUT2D eigenvalue weighted by molar-refractivity contribution is 0.410. The number of nitrogens with one attached hydrogen (secondary N) is 1. The highest BCUT2D eigenvalue weighted by Crippen LogP contribution is 2.22. The van der Waals surface area contributed by atoms with Gasteiger partial charge in [0.15, 0.2) is 0 Å². The normalized spacial score (nSPS) is 9.65. The Bertz CT molecular complexity index is 633. The van der Waals surface area contributed by atoms with Gasteiger partial charge in [0.25, 0.3) is 0 Å². The summed E-state index contributed by atoms with van der Waals surface area (Å²) in [5.41, 5.74) is 2.51. The molecule has 0 fully saturated rings. The van der Waals surface area contributed by atoms with Gasteiger partial charge in [-0.25, -0.2) is 0 Å². The van der Waals surface area contributed by atoms with Crippen LogP contribution in [0.4, 0.5) is 5.69 Å². The van der Waals surface area contributed by atoms with E-state index in [1.54, 1.807) is 26.4 Å². The smallest absolute Gasteiger partial charge is 0.123 e. The fraction of sp³-hybridized carbons (Fsp3) is 0.188. The molecule has 20 heavy (non-hydrogen) atoms. The van der Waals surface area contributed by atoms with Gasteiger partial charge in [0.05, 0.1) is 25.9 Å². The summed E-state index contributed by atoms with van der Waals surface area (Å²) < 4.78 is 10.5. The molecule has 4 nitrogen and oxygen atoms in total. The van der Waals surface area contributed by atoms with E-state index in [0.29, 0.717) is 12.1 Å². The van der Waals surface area contributed by atoms with Crippen LogP contribution in [-0.4, -0.2) is 14.2 Å². The average Bonchev–Trinajstić information content (AvgIpc) is 2.52. The van der Waals surface area contributed by atoms with Crippen molar-refractivity contribution in [3.63, 3.8) is 0 Å². The number of hydrogen-bond acceptors (Lipinski definition) is 4. The van der Waals surface area contributed by atoms with Crippen LogP contribution < -0.4 is 14.8 Å². The molecule has 0 bridgehead atoms. The number of nitriles is 1. The van der Waals surface area contributed by atoms with Crippen LogP contribution >= 0.6 is 0 Å². The summed E-state index contributed by atoms with van der Waals surface area (Å²) >= 11 is 0. The molecule has 0 aliphatic rings. The van der Waals surface area contributed by atoms with Crippen molar-refractivity contribution in [3.05, 3.63) is 53.6 Å². The minimum atomic E-state index is 0.575. The van der Waals surface area contributed by atoms with Crippen LogP contribution in [0.3, 0.4) is 0 Å². The summed E-state index contributed by atoms with van der Waals surface area (Å²) in [6, 6.07) is 15.2. The zero-order valence-electron chi connectivity index (χ0n) is 11.5. The zero-order chi connectivity index (χ0) is 14.4. The van der Waals surface area contributed by atoms with Crippen LogP contribution in [-0.2, 0) is 6.54 Å². The molecule has 0 spiro atoms. The number of nitrogens with zero attached hydrogens (tertiary/aromatic N) is 1. The van der Waals surface area contributed by atoms with Gasteiger partial charge in [-0.2, -0.15) is 5.26 Å². The van der Waals surface area contributed by atoms with Gasteiger partial charge in [0.1, 0.15) is 11.5 Å². The van der Waals surface area contributed by atoms with Crippen molar-refractivity contribution in [3.8, 4) is 17.6 Å². The standard InChI is InChI=1S/C16H16N2O2/c1-19-15-5-3-4-14(9-15)18-11-13-8-12(10-17)6-7-16(13)20-2/h3-9,18H,11H2,1-2H3. The molecule has 0 saturated carbocycles. The van der Waals surface area contributed by atoms with Crippen molar-refractivity contribution in [2.45, 2.75) is 6.54 Å². The lowest BCUT2D eigenvalue weighted by Gasteiger charge is -2.11. The van der Waals surface area contributed by atoms with E-state index >= 15 is 0 Å². The van der Waals surface area contributed by atoms with E-state index in [9.17, 15) is 0 Å². The molecule has 0 aliphatic carbocycles. The minimum Gasteiger partial charge on any atom is -0.497 e. The highest BCUT2D eigenvalue weighted by molar-refractivity contribution is 5.50.